The fourth-order valence-corrected chi connectivity index (χ4v) is 4.54. The zero-order chi connectivity index (χ0) is 17.3. The third kappa shape index (κ3) is 3.54. The molecule has 24 heavy (non-hydrogen) atoms. The minimum atomic E-state index is -0.0868. The topological polar surface area (TPSA) is 46.1 Å². The van der Waals surface area contributed by atoms with E-state index in [2.05, 4.69) is 25.9 Å². The smallest absolute Gasteiger partial charge is 0.271 e. The summed E-state index contributed by atoms with van der Waals surface area (Å²) in [5, 5.41) is 0.813. The van der Waals surface area contributed by atoms with Crippen molar-refractivity contribution < 1.29 is 4.79 Å². The van der Waals surface area contributed by atoms with Crippen molar-refractivity contribution in [2.45, 2.75) is 13.8 Å². The molecule has 124 valence electrons. The summed E-state index contributed by atoms with van der Waals surface area (Å²) in [5.74, 6) is 0.537. The van der Waals surface area contributed by atoms with Gasteiger partial charge in [-0.15, -0.1) is 22.7 Å². The Labute approximate surface area is 161 Å². The number of anilines is 1. The van der Waals surface area contributed by atoms with Crippen LogP contribution in [0.5, 0.6) is 0 Å². The van der Waals surface area contributed by atoms with Crippen LogP contribution < -0.4 is 4.90 Å². The highest BCUT2D eigenvalue weighted by molar-refractivity contribution is 9.10. The summed E-state index contributed by atoms with van der Waals surface area (Å²) in [4.78, 5) is 25.1. The van der Waals surface area contributed by atoms with Crippen LogP contribution in [0.4, 0.5) is 5.82 Å². The zero-order valence-corrected chi connectivity index (χ0v) is 16.9. The Morgan fingerprint density at radius 2 is 2.08 bits per heavy atom. The number of thiazole rings is 1. The van der Waals surface area contributed by atoms with Gasteiger partial charge in [-0.05, 0) is 54.0 Å². The molecular formula is C16H13BrClN3OS2. The highest BCUT2D eigenvalue weighted by atomic mass is 79.9. The normalized spacial score (nSPS) is 10.8. The van der Waals surface area contributed by atoms with Crippen molar-refractivity contribution in [3.05, 3.63) is 49.8 Å². The van der Waals surface area contributed by atoms with Crippen molar-refractivity contribution in [1.82, 2.24) is 9.97 Å². The second-order valence-electron chi connectivity index (χ2n) is 4.92. The van der Waals surface area contributed by atoms with E-state index in [0.29, 0.717) is 21.6 Å². The van der Waals surface area contributed by atoms with Crippen LogP contribution >= 0.6 is 50.2 Å². The molecule has 0 N–H and O–H groups in total. The molecule has 0 aliphatic heterocycles. The molecule has 3 aromatic heterocycles. The molecule has 0 bridgehead atoms. The number of aryl methyl sites for hydroxylation is 1. The van der Waals surface area contributed by atoms with E-state index in [1.165, 1.54) is 22.7 Å². The molecule has 0 saturated heterocycles. The van der Waals surface area contributed by atoms with Crippen molar-refractivity contribution in [1.29, 1.82) is 0 Å². The van der Waals surface area contributed by atoms with Gasteiger partial charge in [0.25, 0.3) is 5.91 Å². The Kier molecular flexibility index (Phi) is 5.34. The largest absolute Gasteiger partial charge is 0.292 e. The number of hydrogen-bond acceptors (Lipinski definition) is 5. The molecule has 8 heteroatoms. The van der Waals surface area contributed by atoms with Gasteiger partial charge in [-0.1, -0.05) is 11.6 Å². The predicted molar refractivity (Wildman–Crippen MR) is 104 cm³/mol. The van der Waals surface area contributed by atoms with Gasteiger partial charge >= 0.3 is 0 Å². The molecule has 0 fully saturated rings. The minimum absolute atomic E-state index is 0.0868. The van der Waals surface area contributed by atoms with E-state index in [9.17, 15) is 4.79 Å². The van der Waals surface area contributed by atoms with E-state index in [1.807, 2.05) is 38.1 Å². The molecule has 0 atom stereocenters. The number of carbonyl (C=O) groups excluding carboxylic acids is 1. The lowest BCUT2D eigenvalue weighted by molar-refractivity contribution is 0.0990. The third-order valence-corrected chi connectivity index (χ3v) is 6.34. The number of nitrogens with zero attached hydrogens (tertiary/aromatic N) is 3. The Balaban J connectivity index is 1.93. The number of amides is 1. The second-order valence-corrected chi connectivity index (χ2v) is 8.55. The standard InChI is InChI=1S/C16H13BrClN3OS2/c1-3-21(13-7-4-10(17)8-19-13)16(22)14-9(2)20-15(24-14)11-5-6-12(18)23-11/h4-8H,3H2,1-2H3. The van der Waals surface area contributed by atoms with Gasteiger partial charge < -0.3 is 0 Å². The minimum Gasteiger partial charge on any atom is -0.292 e. The van der Waals surface area contributed by atoms with Crippen molar-refractivity contribution >= 4 is 61.9 Å². The number of halogens is 2. The molecule has 0 unspecified atom stereocenters. The first-order valence-corrected chi connectivity index (χ1v) is 9.96. The molecule has 3 rings (SSSR count). The van der Waals surface area contributed by atoms with Gasteiger partial charge in [-0.2, -0.15) is 0 Å². The van der Waals surface area contributed by atoms with Crippen LogP contribution in [0.15, 0.2) is 34.9 Å². The molecule has 0 saturated carbocycles. The lowest BCUT2D eigenvalue weighted by Gasteiger charge is -2.19. The molecule has 0 aliphatic rings. The van der Waals surface area contributed by atoms with Crippen LogP contribution in [0.3, 0.4) is 0 Å². The van der Waals surface area contributed by atoms with Gasteiger partial charge in [0.1, 0.15) is 15.7 Å². The summed E-state index contributed by atoms with van der Waals surface area (Å²) < 4.78 is 1.58. The van der Waals surface area contributed by atoms with Gasteiger partial charge in [0.15, 0.2) is 0 Å². The number of rotatable bonds is 4. The average molecular weight is 443 g/mol. The van der Waals surface area contributed by atoms with E-state index >= 15 is 0 Å². The molecule has 0 spiro atoms. The van der Waals surface area contributed by atoms with Crippen LogP contribution in [0, 0.1) is 6.92 Å². The summed E-state index contributed by atoms with van der Waals surface area (Å²) >= 11 is 12.2. The molecular weight excluding hydrogens is 430 g/mol. The Morgan fingerprint density at radius 3 is 2.67 bits per heavy atom. The molecule has 3 aromatic rings. The predicted octanol–water partition coefficient (Wildman–Crippen LogP) is 5.66. The number of thiophene rings is 1. The quantitative estimate of drug-likeness (QED) is 0.524. The van der Waals surface area contributed by atoms with Gasteiger partial charge in [0.2, 0.25) is 0 Å². The lowest BCUT2D eigenvalue weighted by atomic mass is 10.3. The first-order chi connectivity index (χ1) is 11.5. The molecule has 0 aliphatic carbocycles. The summed E-state index contributed by atoms with van der Waals surface area (Å²) in [7, 11) is 0. The van der Waals surface area contributed by atoms with Gasteiger partial charge in [-0.25, -0.2) is 9.97 Å². The molecule has 0 radical (unpaired) electrons. The Bertz CT molecular complexity index is 876. The highest BCUT2D eigenvalue weighted by Gasteiger charge is 2.23. The fraction of sp³-hybridized carbons (Fsp3) is 0.188. The molecule has 1 amide bonds. The molecule has 3 heterocycles. The van der Waals surface area contributed by atoms with Crippen molar-refractivity contribution in [3.63, 3.8) is 0 Å². The SMILES string of the molecule is CCN(C(=O)c1sc(-c2ccc(Cl)s2)nc1C)c1ccc(Br)cn1. The summed E-state index contributed by atoms with van der Waals surface area (Å²) in [5.41, 5.74) is 0.722. The van der Waals surface area contributed by atoms with E-state index in [0.717, 1.165) is 20.1 Å². The number of carbonyl (C=O) groups is 1. The fourth-order valence-electron chi connectivity index (χ4n) is 2.19. The van der Waals surface area contributed by atoms with E-state index in [-0.39, 0.29) is 5.91 Å². The number of hydrogen-bond donors (Lipinski definition) is 0. The van der Waals surface area contributed by atoms with Crippen LogP contribution in [0.25, 0.3) is 9.88 Å². The zero-order valence-electron chi connectivity index (χ0n) is 12.9. The van der Waals surface area contributed by atoms with E-state index < -0.39 is 0 Å². The summed E-state index contributed by atoms with van der Waals surface area (Å²) in [6, 6.07) is 7.45. The summed E-state index contributed by atoms with van der Waals surface area (Å²) in [6.45, 7) is 4.31. The second kappa shape index (κ2) is 7.31. The highest BCUT2D eigenvalue weighted by Crippen LogP contribution is 2.35. The third-order valence-electron chi connectivity index (χ3n) is 3.32. The maximum atomic E-state index is 13.0. The Hall–Kier alpha value is -1.28. The van der Waals surface area contributed by atoms with Crippen LogP contribution in [0.1, 0.15) is 22.3 Å². The lowest BCUT2D eigenvalue weighted by Crippen LogP contribution is -2.31. The van der Waals surface area contributed by atoms with Crippen LogP contribution in [-0.2, 0) is 0 Å². The van der Waals surface area contributed by atoms with Crippen molar-refractivity contribution in [3.8, 4) is 9.88 Å². The first kappa shape index (κ1) is 17.5. The van der Waals surface area contributed by atoms with Gasteiger partial charge in [0, 0.05) is 17.2 Å². The number of aromatic nitrogens is 2. The van der Waals surface area contributed by atoms with E-state index in [4.69, 9.17) is 11.6 Å². The maximum Gasteiger partial charge on any atom is 0.271 e. The number of pyridine rings is 1. The average Bonchev–Trinajstić information content (AvgIpc) is 3.15. The monoisotopic (exact) mass is 441 g/mol. The first-order valence-electron chi connectivity index (χ1n) is 7.16. The van der Waals surface area contributed by atoms with Gasteiger partial charge in [-0.3, -0.25) is 9.69 Å². The maximum absolute atomic E-state index is 13.0. The molecule has 0 aromatic carbocycles. The van der Waals surface area contributed by atoms with Crippen LogP contribution in [0.2, 0.25) is 4.34 Å². The molecule has 4 nitrogen and oxygen atoms in total. The van der Waals surface area contributed by atoms with Crippen LogP contribution in [-0.4, -0.2) is 22.4 Å². The van der Waals surface area contributed by atoms with Gasteiger partial charge in [0.05, 0.1) is 14.9 Å². The summed E-state index contributed by atoms with van der Waals surface area (Å²) in [6.07, 6.45) is 1.68. The van der Waals surface area contributed by atoms with Crippen molar-refractivity contribution in [2.75, 3.05) is 11.4 Å². The van der Waals surface area contributed by atoms with E-state index in [1.54, 1.807) is 11.1 Å². The Morgan fingerprint density at radius 1 is 1.29 bits per heavy atom. The van der Waals surface area contributed by atoms with Crippen molar-refractivity contribution in [2.24, 2.45) is 0 Å².